The van der Waals surface area contributed by atoms with Crippen LogP contribution in [-0.4, -0.2) is 41.5 Å². The molecule has 0 unspecified atom stereocenters. The van der Waals surface area contributed by atoms with Crippen LogP contribution < -0.4 is 16.4 Å². The molecule has 25 heavy (non-hydrogen) atoms. The number of amides is 3. The van der Waals surface area contributed by atoms with Gasteiger partial charge in [-0.3, -0.25) is 4.79 Å². The van der Waals surface area contributed by atoms with Gasteiger partial charge in [0.2, 0.25) is 0 Å². The molecule has 1 aliphatic heterocycles. The Bertz CT molecular complexity index is 624. The van der Waals surface area contributed by atoms with Crippen molar-refractivity contribution in [1.29, 1.82) is 0 Å². The number of likely N-dealkylation sites (tertiary alicyclic amines) is 1. The number of nitrogens with zero attached hydrogens (tertiary/aromatic N) is 1. The topological polar surface area (TPSA) is 87.5 Å². The number of rotatable bonds is 2. The monoisotopic (exact) mass is 388 g/mol. The number of anilines is 1. The first-order valence-electron chi connectivity index (χ1n) is 8.09. The van der Waals surface area contributed by atoms with Crippen molar-refractivity contribution < 1.29 is 9.59 Å². The fourth-order valence-corrected chi connectivity index (χ4v) is 2.74. The number of hydrogen-bond acceptors (Lipinski definition) is 3. The summed E-state index contributed by atoms with van der Waals surface area (Å²) >= 11 is 6.18. The van der Waals surface area contributed by atoms with Crippen LogP contribution in [0.3, 0.4) is 0 Å². The highest BCUT2D eigenvalue weighted by molar-refractivity contribution is 6.34. The molecule has 0 atom stereocenters. The van der Waals surface area contributed by atoms with Gasteiger partial charge in [0.05, 0.1) is 10.6 Å². The van der Waals surface area contributed by atoms with Gasteiger partial charge in [0.15, 0.2) is 0 Å². The first kappa shape index (κ1) is 21.5. The van der Waals surface area contributed by atoms with Crippen LogP contribution in [0.2, 0.25) is 5.02 Å². The number of nitrogens with two attached hydrogens (primary N) is 1. The normalized spacial score (nSPS) is 15.3. The molecule has 1 aromatic rings. The summed E-state index contributed by atoms with van der Waals surface area (Å²) in [5, 5.41) is 5.91. The molecule has 6 nitrogen and oxygen atoms in total. The maximum Gasteiger partial charge on any atom is 0.319 e. The largest absolute Gasteiger partial charge is 0.338 e. The van der Waals surface area contributed by atoms with Gasteiger partial charge < -0.3 is 21.3 Å². The van der Waals surface area contributed by atoms with Crippen LogP contribution in [0.15, 0.2) is 18.2 Å². The number of urea groups is 1. The van der Waals surface area contributed by atoms with Gasteiger partial charge in [-0.2, -0.15) is 0 Å². The molecule has 0 bridgehead atoms. The van der Waals surface area contributed by atoms with Crippen LogP contribution in [0.4, 0.5) is 10.5 Å². The molecular formula is C17H26Cl2N4O2. The standard InChI is InChI=1S/C17H25ClN4O2.ClH/c1-17(2,3)21-16(24)20-12-4-5-14(18)13(10-12)15(23)22-8-6-11(19)7-9-22;/h4-5,10-11H,6-9,19H2,1-3H3,(H2,20,21,24);1H. The molecule has 1 aromatic carbocycles. The summed E-state index contributed by atoms with van der Waals surface area (Å²) in [6.45, 7) is 6.93. The number of halogens is 2. The van der Waals surface area contributed by atoms with E-state index in [2.05, 4.69) is 10.6 Å². The third-order valence-corrected chi connectivity index (χ3v) is 4.10. The lowest BCUT2D eigenvalue weighted by Gasteiger charge is -2.30. The number of benzene rings is 1. The molecule has 8 heteroatoms. The Morgan fingerprint density at radius 3 is 2.40 bits per heavy atom. The lowest BCUT2D eigenvalue weighted by molar-refractivity contribution is 0.0715. The summed E-state index contributed by atoms with van der Waals surface area (Å²) in [5.41, 5.74) is 6.45. The Morgan fingerprint density at radius 1 is 1.24 bits per heavy atom. The minimum atomic E-state index is -0.346. The Morgan fingerprint density at radius 2 is 1.84 bits per heavy atom. The molecule has 3 amide bonds. The maximum absolute atomic E-state index is 12.7. The molecule has 0 aromatic heterocycles. The minimum Gasteiger partial charge on any atom is -0.338 e. The van der Waals surface area contributed by atoms with E-state index in [1.165, 1.54) is 0 Å². The van der Waals surface area contributed by atoms with E-state index in [1.807, 2.05) is 20.8 Å². The van der Waals surface area contributed by atoms with Crippen molar-refractivity contribution in [2.75, 3.05) is 18.4 Å². The fourth-order valence-electron chi connectivity index (χ4n) is 2.54. The van der Waals surface area contributed by atoms with Gasteiger partial charge in [0, 0.05) is 30.4 Å². The number of carbonyl (C=O) groups excluding carboxylic acids is 2. The second kappa shape index (κ2) is 8.74. The molecule has 0 radical (unpaired) electrons. The van der Waals surface area contributed by atoms with E-state index in [9.17, 15) is 9.59 Å². The lowest BCUT2D eigenvalue weighted by Crippen LogP contribution is -2.43. The second-order valence-corrected chi connectivity index (χ2v) is 7.56. The van der Waals surface area contributed by atoms with Crippen molar-refractivity contribution in [3.8, 4) is 0 Å². The highest BCUT2D eigenvalue weighted by Gasteiger charge is 2.23. The fraction of sp³-hybridized carbons (Fsp3) is 0.529. The van der Waals surface area contributed by atoms with E-state index in [1.54, 1.807) is 23.1 Å². The van der Waals surface area contributed by atoms with Crippen LogP contribution in [0.1, 0.15) is 44.0 Å². The van der Waals surface area contributed by atoms with Gasteiger partial charge in [-0.25, -0.2) is 4.79 Å². The van der Waals surface area contributed by atoms with Gasteiger partial charge in [0.1, 0.15) is 0 Å². The van der Waals surface area contributed by atoms with E-state index in [-0.39, 0.29) is 35.9 Å². The molecule has 4 N–H and O–H groups in total. The van der Waals surface area contributed by atoms with Gasteiger partial charge in [-0.05, 0) is 51.8 Å². The summed E-state index contributed by atoms with van der Waals surface area (Å²) in [6.07, 6.45) is 1.57. The van der Waals surface area contributed by atoms with E-state index in [4.69, 9.17) is 17.3 Å². The lowest BCUT2D eigenvalue weighted by atomic mass is 10.0. The van der Waals surface area contributed by atoms with Crippen molar-refractivity contribution >= 4 is 41.6 Å². The van der Waals surface area contributed by atoms with Crippen LogP contribution >= 0.6 is 24.0 Å². The Labute approximate surface area is 159 Å². The molecule has 0 saturated carbocycles. The zero-order valence-corrected chi connectivity index (χ0v) is 16.3. The molecule has 1 heterocycles. The predicted octanol–water partition coefficient (Wildman–Crippen LogP) is 3.25. The highest BCUT2D eigenvalue weighted by Crippen LogP contribution is 2.23. The molecule has 140 valence electrons. The average molecular weight is 389 g/mol. The van der Waals surface area contributed by atoms with Crippen molar-refractivity contribution in [1.82, 2.24) is 10.2 Å². The average Bonchev–Trinajstić information content (AvgIpc) is 2.47. The zero-order valence-electron chi connectivity index (χ0n) is 14.8. The second-order valence-electron chi connectivity index (χ2n) is 7.15. The predicted molar refractivity (Wildman–Crippen MR) is 104 cm³/mol. The summed E-state index contributed by atoms with van der Waals surface area (Å²) < 4.78 is 0. The summed E-state index contributed by atoms with van der Waals surface area (Å²) in [4.78, 5) is 26.4. The Balaban J connectivity index is 0.00000312. The Hall–Kier alpha value is -1.50. The SMILES string of the molecule is CC(C)(C)NC(=O)Nc1ccc(Cl)c(C(=O)N2CCC(N)CC2)c1.Cl. The summed E-state index contributed by atoms with van der Waals surface area (Å²) in [5.74, 6) is -0.133. The minimum absolute atomic E-state index is 0. The highest BCUT2D eigenvalue weighted by atomic mass is 35.5. The first-order chi connectivity index (χ1) is 11.2. The quantitative estimate of drug-likeness (QED) is 0.726. The smallest absolute Gasteiger partial charge is 0.319 e. The zero-order chi connectivity index (χ0) is 17.9. The van der Waals surface area contributed by atoms with Crippen LogP contribution in [0.25, 0.3) is 0 Å². The van der Waals surface area contributed by atoms with Gasteiger partial charge in [-0.15, -0.1) is 12.4 Å². The molecule has 1 fully saturated rings. The summed E-state index contributed by atoms with van der Waals surface area (Å²) in [6, 6.07) is 4.73. The number of nitrogens with one attached hydrogen (secondary N) is 2. The summed E-state index contributed by atoms with van der Waals surface area (Å²) in [7, 11) is 0. The molecule has 2 rings (SSSR count). The number of hydrogen-bond donors (Lipinski definition) is 3. The third kappa shape index (κ3) is 6.38. The van der Waals surface area contributed by atoms with Crippen LogP contribution in [-0.2, 0) is 0 Å². The molecule has 0 aliphatic carbocycles. The van der Waals surface area contributed by atoms with Crippen LogP contribution in [0, 0.1) is 0 Å². The van der Waals surface area contributed by atoms with Crippen LogP contribution in [0.5, 0.6) is 0 Å². The third-order valence-electron chi connectivity index (χ3n) is 3.77. The van der Waals surface area contributed by atoms with Crippen molar-refractivity contribution in [2.24, 2.45) is 5.73 Å². The molecular weight excluding hydrogens is 363 g/mol. The molecule has 0 spiro atoms. The molecule has 1 saturated heterocycles. The van der Waals surface area contributed by atoms with Crippen molar-refractivity contribution in [2.45, 2.75) is 45.2 Å². The van der Waals surface area contributed by atoms with Gasteiger partial charge in [0.25, 0.3) is 5.91 Å². The Kier molecular flexibility index (Phi) is 7.53. The van der Waals surface area contributed by atoms with E-state index in [0.29, 0.717) is 29.4 Å². The van der Waals surface area contributed by atoms with E-state index < -0.39 is 0 Å². The van der Waals surface area contributed by atoms with E-state index >= 15 is 0 Å². The van der Waals surface area contributed by atoms with Crippen molar-refractivity contribution in [3.05, 3.63) is 28.8 Å². The van der Waals surface area contributed by atoms with Gasteiger partial charge >= 0.3 is 6.03 Å². The van der Waals surface area contributed by atoms with Gasteiger partial charge in [-0.1, -0.05) is 11.6 Å². The number of carbonyl (C=O) groups is 2. The number of piperidine rings is 1. The maximum atomic E-state index is 12.7. The van der Waals surface area contributed by atoms with Crippen molar-refractivity contribution in [3.63, 3.8) is 0 Å². The first-order valence-corrected chi connectivity index (χ1v) is 8.47. The molecule has 1 aliphatic rings. The van der Waals surface area contributed by atoms with E-state index in [0.717, 1.165) is 12.8 Å².